The molecule has 1 saturated heterocycles. The second kappa shape index (κ2) is 8.35. The lowest BCUT2D eigenvalue weighted by Crippen LogP contribution is -2.40. The minimum absolute atomic E-state index is 0.0985. The van der Waals surface area contributed by atoms with Gasteiger partial charge in [0.25, 0.3) is 5.56 Å². The first-order chi connectivity index (χ1) is 15.5. The molecule has 0 aliphatic carbocycles. The van der Waals surface area contributed by atoms with E-state index in [0.717, 1.165) is 53.7 Å². The van der Waals surface area contributed by atoms with E-state index in [9.17, 15) is 4.79 Å². The Hall–Kier alpha value is -3.26. The highest BCUT2D eigenvalue weighted by atomic mass is 16.3. The van der Waals surface area contributed by atoms with E-state index in [1.165, 1.54) is 0 Å². The Kier molecular flexibility index (Phi) is 5.38. The summed E-state index contributed by atoms with van der Waals surface area (Å²) >= 11 is 0. The van der Waals surface area contributed by atoms with Crippen LogP contribution < -0.4 is 5.56 Å². The summed E-state index contributed by atoms with van der Waals surface area (Å²) < 4.78 is 7.26. The highest BCUT2D eigenvalue weighted by Crippen LogP contribution is 2.31. The number of furan rings is 1. The van der Waals surface area contributed by atoms with Crippen LogP contribution in [0.15, 0.2) is 45.8 Å². The molecule has 0 spiro atoms. The minimum Gasteiger partial charge on any atom is -0.467 e. The SMILES string of the molecule is Cc1cc(C)c2cc(C(c3nnnn3Cc3ccco3)N3CCC(C)CC3)c(=O)[nH]c2c1. The van der Waals surface area contributed by atoms with Crippen LogP contribution in [0.5, 0.6) is 0 Å². The first kappa shape index (κ1) is 20.6. The molecule has 1 N–H and O–H groups in total. The quantitative estimate of drug-likeness (QED) is 0.518. The summed E-state index contributed by atoms with van der Waals surface area (Å²) in [5, 5.41) is 13.6. The van der Waals surface area contributed by atoms with E-state index in [-0.39, 0.29) is 11.6 Å². The molecule has 1 aliphatic heterocycles. The molecule has 1 atom stereocenters. The summed E-state index contributed by atoms with van der Waals surface area (Å²) in [6, 6.07) is 9.60. The molecule has 1 fully saturated rings. The number of piperidine rings is 1. The van der Waals surface area contributed by atoms with Crippen molar-refractivity contribution in [2.45, 2.75) is 46.2 Å². The fraction of sp³-hybridized carbons (Fsp3) is 0.417. The Balaban J connectivity index is 1.64. The van der Waals surface area contributed by atoms with Crippen LogP contribution in [-0.2, 0) is 6.54 Å². The maximum absolute atomic E-state index is 13.3. The van der Waals surface area contributed by atoms with Gasteiger partial charge in [-0.25, -0.2) is 4.68 Å². The Bertz CT molecular complexity index is 1280. The van der Waals surface area contributed by atoms with Crippen LogP contribution in [0.3, 0.4) is 0 Å². The van der Waals surface area contributed by atoms with Crippen LogP contribution in [0.2, 0.25) is 0 Å². The molecule has 1 aromatic carbocycles. The fourth-order valence-electron chi connectivity index (χ4n) is 4.75. The number of benzene rings is 1. The van der Waals surface area contributed by atoms with Crippen molar-refractivity contribution in [3.8, 4) is 0 Å². The van der Waals surface area contributed by atoms with Gasteiger partial charge in [0, 0.05) is 16.5 Å². The Morgan fingerprint density at radius 2 is 2.03 bits per heavy atom. The number of nitrogens with zero attached hydrogens (tertiary/aromatic N) is 5. The molecule has 3 aromatic heterocycles. The van der Waals surface area contributed by atoms with Crippen LogP contribution in [0.25, 0.3) is 10.9 Å². The van der Waals surface area contributed by atoms with Crippen molar-refractivity contribution in [1.29, 1.82) is 0 Å². The number of likely N-dealkylation sites (tertiary alicyclic amines) is 1. The van der Waals surface area contributed by atoms with Crippen LogP contribution in [0, 0.1) is 19.8 Å². The van der Waals surface area contributed by atoms with Gasteiger partial charge in [-0.1, -0.05) is 13.0 Å². The number of rotatable bonds is 5. The van der Waals surface area contributed by atoms with Crippen molar-refractivity contribution in [2.24, 2.45) is 5.92 Å². The Morgan fingerprint density at radius 3 is 2.78 bits per heavy atom. The van der Waals surface area contributed by atoms with Crippen molar-refractivity contribution < 1.29 is 4.42 Å². The molecule has 0 radical (unpaired) electrons. The van der Waals surface area contributed by atoms with E-state index in [1.807, 2.05) is 31.2 Å². The summed E-state index contributed by atoms with van der Waals surface area (Å²) in [4.78, 5) is 18.8. The topological polar surface area (TPSA) is 92.8 Å². The maximum atomic E-state index is 13.3. The average Bonchev–Trinajstić information content (AvgIpc) is 3.43. The summed E-state index contributed by atoms with van der Waals surface area (Å²) in [5.74, 6) is 2.10. The van der Waals surface area contributed by atoms with E-state index < -0.39 is 0 Å². The zero-order valence-corrected chi connectivity index (χ0v) is 18.7. The first-order valence-corrected chi connectivity index (χ1v) is 11.2. The van der Waals surface area contributed by atoms with Crippen LogP contribution in [0.4, 0.5) is 0 Å². The Labute approximate surface area is 186 Å². The molecule has 1 unspecified atom stereocenters. The number of tetrazole rings is 1. The molecule has 32 heavy (non-hydrogen) atoms. The summed E-state index contributed by atoms with van der Waals surface area (Å²) in [5.41, 5.74) is 3.70. The van der Waals surface area contributed by atoms with Gasteiger partial charge in [0.05, 0.1) is 6.26 Å². The molecule has 0 saturated carbocycles. The van der Waals surface area contributed by atoms with Crippen LogP contribution in [0.1, 0.15) is 54.1 Å². The van der Waals surface area contributed by atoms with Crippen LogP contribution in [-0.4, -0.2) is 43.2 Å². The third-order valence-corrected chi connectivity index (χ3v) is 6.51. The molecule has 4 aromatic rings. The van der Waals surface area contributed by atoms with Gasteiger partial charge in [0.15, 0.2) is 5.82 Å². The van der Waals surface area contributed by atoms with Crippen molar-refractivity contribution in [2.75, 3.05) is 13.1 Å². The molecular weight excluding hydrogens is 404 g/mol. The van der Waals surface area contributed by atoms with E-state index in [0.29, 0.717) is 23.9 Å². The lowest BCUT2D eigenvalue weighted by atomic mass is 9.94. The number of nitrogens with one attached hydrogen (secondary N) is 1. The number of fused-ring (bicyclic) bond motifs is 1. The number of aromatic amines is 1. The number of hydrogen-bond donors (Lipinski definition) is 1. The molecule has 166 valence electrons. The lowest BCUT2D eigenvalue weighted by molar-refractivity contribution is 0.149. The van der Waals surface area contributed by atoms with E-state index in [1.54, 1.807) is 10.9 Å². The molecule has 1 aliphatic rings. The third kappa shape index (κ3) is 3.86. The van der Waals surface area contributed by atoms with Gasteiger partial charge in [0.2, 0.25) is 0 Å². The monoisotopic (exact) mass is 432 g/mol. The molecule has 0 amide bonds. The van der Waals surface area contributed by atoms with E-state index >= 15 is 0 Å². The second-order valence-electron chi connectivity index (χ2n) is 8.99. The number of pyridine rings is 1. The zero-order chi connectivity index (χ0) is 22.2. The van der Waals surface area contributed by atoms with Gasteiger partial charge in [-0.2, -0.15) is 0 Å². The highest BCUT2D eigenvalue weighted by molar-refractivity contribution is 5.83. The van der Waals surface area contributed by atoms with Crippen LogP contribution >= 0.6 is 0 Å². The predicted octanol–water partition coefficient (Wildman–Crippen LogP) is 3.59. The zero-order valence-electron chi connectivity index (χ0n) is 18.7. The number of aryl methyl sites for hydroxylation is 2. The highest BCUT2D eigenvalue weighted by Gasteiger charge is 2.32. The normalized spacial score (nSPS) is 16.6. The van der Waals surface area contributed by atoms with Crippen molar-refractivity contribution >= 4 is 10.9 Å². The minimum atomic E-state index is -0.332. The standard InChI is InChI=1S/C24H28N6O2/c1-15-6-8-29(9-7-15)22(23-26-27-28-30(23)14-18-5-4-10-32-18)20-13-19-17(3)11-16(2)12-21(19)25-24(20)31/h4-5,10-13,15,22H,6-9,14H2,1-3H3,(H,25,31). The molecular formula is C24H28N6O2. The predicted molar refractivity (Wildman–Crippen MR) is 121 cm³/mol. The van der Waals surface area contributed by atoms with E-state index in [4.69, 9.17) is 4.42 Å². The van der Waals surface area contributed by atoms with Gasteiger partial charge >= 0.3 is 0 Å². The first-order valence-electron chi connectivity index (χ1n) is 11.2. The molecule has 8 nitrogen and oxygen atoms in total. The van der Waals surface area contributed by atoms with Crippen molar-refractivity contribution in [3.05, 3.63) is 75.2 Å². The molecule has 5 rings (SSSR count). The molecule has 8 heteroatoms. The van der Waals surface area contributed by atoms with Gasteiger partial charge in [-0.3, -0.25) is 9.69 Å². The van der Waals surface area contributed by atoms with Crippen molar-refractivity contribution in [3.63, 3.8) is 0 Å². The van der Waals surface area contributed by atoms with Gasteiger partial charge in [0.1, 0.15) is 18.3 Å². The van der Waals surface area contributed by atoms with Gasteiger partial charge < -0.3 is 9.40 Å². The average molecular weight is 433 g/mol. The number of aromatic nitrogens is 5. The summed E-state index contributed by atoms with van der Waals surface area (Å²) in [6.45, 7) is 8.60. The summed E-state index contributed by atoms with van der Waals surface area (Å²) in [7, 11) is 0. The molecule has 4 heterocycles. The van der Waals surface area contributed by atoms with Gasteiger partial charge in [-0.15, -0.1) is 5.10 Å². The van der Waals surface area contributed by atoms with E-state index in [2.05, 4.69) is 45.3 Å². The second-order valence-corrected chi connectivity index (χ2v) is 8.99. The number of H-pyrrole nitrogens is 1. The smallest absolute Gasteiger partial charge is 0.253 e. The Morgan fingerprint density at radius 1 is 1.22 bits per heavy atom. The number of hydrogen-bond acceptors (Lipinski definition) is 6. The van der Waals surface area contributed by atoms with Crippen molar-refractivity contribution in [1.82, 2.24) is 30.1 Å². The lowest BCUT2D eigenvalue weighted by Gasteiger charge is -2.35. The maximum Gasteiger partial charge on any atom is 0.253 e. The van der Waals surface area contributed by atoms with Gasteiger partial charge in [-0.05, 0) is 91.5 Å². The summed E-state index contributed by atoms with van der Waals surface area (Å²) in [6.07, 6.45) is 3.81. The fourth-order valence-corrected chi connectivity index (χ4v) is 4.75. The largest absolute Gasteiger partial charge is 0.467 e. The molecule has 0 bridgehead atoms. The third-order valence-electron chi connectivity index (χ3n) is 6.51.